The number of thioether (sulfide) groups is 1. The van der Waals surface area contributed by atoms with Gasteiger partial charge in [-0.15, -0.1) is 11.8 Å². The lowest BCUT2D eigenvalue weighted by Gasteiger charge is -2.16. The van der Waals surface area contributed by atoms with E-state index in [1.54, 1.807) is 31.2 Å². The maximum absolute atomic E-state index is 13.6. The predicted molar refractivity (Wildman–Crippen MR) is 98.7 cm³/mol. The maximum Gasteiger partial charge on any atom is 0.261 e. The van der Waals surface area contributed by atoms with Crippen molar-refractivity contribution >= 4 is 35.2 Å². The Hall–Kier alpha value is -2.74. The number of carbonyl (C=O) groups is 3. The molecule has 1 unspecified atom stereocenters. The molecule has 2 aromatic rings. The zero-order valence-electron chi connectivity index (χ0n) is 14.4. The molecule has 0 spiro atoms. The molecule has 3 rings (SSSR count). The van der Waals surface area contributed by atoms with E-state index in [2.05, 4.69) is 5.32 Å². The van der Waals surface area contributed by atoms with Crippen LogP contribution in [-0.4, -0.2) is 40.2 Å². The number of fused-ring (bicyclic) bond motifs is 1. The van der Waals surface area contributed by atoms with Gasteiger partial charge in [0.1, 0.15) is 11.6 Å². The number of benzene rings is 2. The fourth-order valence-electron chi connectivity index (χ4n) is 2.67. The zero-order valence-corrected chi connectivity index (χ0v) is 15.2. The van der Waals surface area contributed by atoms with E-state index in [0.717, 1.165) is 23.1 Å². The Morgan fingerprint density at radius 3 is 2.37 bits per heavy atom. The molecule has 140 valence electrons. The second-order valence-electron chi connectivity index (χ2n) is 5.93. The summed E-state index contributed by atoms with van der Waals surface area (Å²) in [5, 5.41) is 1.76. The lowest BCUT2D eigenvalue weighted by Crippen LogP contribution is -2.33. The molecular formula is C19H16F2N2O3S. The Bertz CT molecular complexity index is 885. The van der Waals surface area contributed by atoms with Gasteiger partial charge in [0.05, 0.1) is 22.1 Å². The number of anilines is 1. The summed E-state index contributed by atoms with van der Waals surface area (Å²) >= 11 is 1.21. The average Bonchev–Trinajstić information content (AvgIpc) is 2.89. The highest BCUT2D eigenvalue weighted by atomic mass is 32.2. The number of nitrogens with one attached hydrogen (secondary N) is 1. The van der Waals surface area contributed by atoms with E-state index >= 15 is 0 Å². The molecule has 0 fully saturated rings. The molecular weight excluding hydrogens is 374 g/mol. The van der Waals surface area contributed by atoms with E-state index in [0.29, 0.717) is 16.9 Å². The lowest BCUT2D eigenvalue weighted by molar-refractivity contribution is -0.115. The minimum absolute atomic E-state index is 0.156. The summed E-state index contributed by atoms with van der Waals surface area (Å²) in [7, 11) is 0. The second-order valence-corrected chi connectivity index (χ2v) is 7.38. The average molecular weight is 390 g/mol. The van der Waals surface area contributed by atoms with Crippen molar-refractivity contribution in [3.63, 3.8) is 0 Å². The first-order valence-electron chi connectivity index (χ1n) is 8.21. The van der Waals surface area contributed by atoms with Gasteiger partial charge in [0.15, 0.2) is 0 Å². The molecule has 1 heterocycles. The second kappa shape index (κ2) is 7.87. The van der Waals surface area contributed by atoms with Gasteiger partial charge in [-0.2, -0.15) is 0 Å². The number of hydrogen-bond acceptors (Lipinski definition) is 4. The SMILES string of the molecule is CC(SCCN1C(=O)c2ccccc2C1=O)C(=O)Nc1cc(F)ccc1F. The molecule has 3 amide bonds. The van der Waals surface area contributed by atoms with Crippen molar-refractivity contribution in [1.82, 2.24) is 4.90 Å². The number of hydrogen-bond donors (Lipinski definition) is 1. The maximum atomic E-state index is 13.6. The van der Waals surface area contributed by atoms with Crippen LogP contribution in [0.3, 0.4) is 0 Å². The van der Waals surface area contributed by atoms with E-state index in [9.17, 15) is 23.2 Å². The molecule has 8 heteroatoms. The van der Waals surface area contributed by atoms with Crippen LogP contribution in [0.2, 0.25) is 0 Å². The van der Waals surface area contributed by atoms with Crippen LogP contribution in [0.5, 0.6) is 0 Å². The molecule has 27 heavy (non-hydrogen) atoms. The summed E-state index contributed by atoms with van der Waals surface area (Å²) < 4.78 is 26.8. The summed E-state index contributed by atoms with van der Waals surface area (Å²) in [4.78, 5) is 37.8. The van der Waals surface area contributed by atoms with Crippen LogP contribution in [0.15, 0.2) is 42.5 Å². The Balaban J connectivity index is 1.53. The van der Waals surface area contributed by atoms with Crippen LogP contribution in [0.1, 0.15) is 27.6 Å². The molecule has 1 N–H and O–H groups in total. The quantitative estimate of drug-likeness (QED) is 0.769. The number of rotatable bonds is 6. The Morgan fingerprint density at radius 2 is 1.74 bits per heavy atom. The monoisotopic (exact) mass is 390 g/mol. The third kappa shape index (κ3) is 4.00. The van der Waals surface area contributed by atoms with E-state index in [1.807, 2.05) is 0 Å². The molecule has 0 saturated heterocycles. The van der Waals surface area contributed by atoms with Crippen molar-refractivity contribution < 1.29 is 23.2 Å². The summed E-state index contributed by atoms with van der Waals surface area (Å²) in [5.41, 5.74) is 0.521. The minimum atomic E-state index is -0.729. The van der Waals surface area contributed by atoms with E-state index < -0.39 is 22.8 Å². The van der Waals surface area contributed by atoms with Crippen LogP contribution < -0.4 is 5.32 Å². The molecule has 0 saturated carbocycles. The molecule has 1 aliphatic rings. The van der Waals surface area contributed by atoms with Crippen molar-refractivity contribution in [2.75, 3.05) is 17.6 Å². The third-order valence-electron chi connectivity index (χ3n) is 4.12. The standard InChI is InChI=1S/C19H16F2N2O3S/c1-11(17(24)22-16-10-12(20)6-7-15(16)21)27-9-8-23-18(25)13-4-2-3-5-14(13)19(23)26/h2-7,10-11H,8-9H2,1H3,(H,22,24). The molecule has 2 aromatic carbocycles. The lowest BCUT2D eigenvalue weighted by atomic mass is 10.1. The number of imide groups is 1. The highest BCUT2D eigenvalue weighted by Gasteiger charge is 2.34. The Kier molecular flexibility index (Phi) is 5.55. The number of halogens is 2. The number of amides is 3. The van der Waals surface area contributed by atoms with E-state index in [4.69, 9.17) is 0 Å². The molecule has 0 aliphatic carbocycles. The number of carbonyl (C=O) groups excluding carboxylic acids is 3. The van der Waals surface area contributed by atoms with Crippen molar-refractivity contribution in [2.24, 2.45) is 0 Å². The van der Waals surface area contributed by atoms with Crippen molar-refractivity contribution in [2.45, 2.75) is 12.2 Å². The number of nitrogens with zero attached hydrogens (tertiary/aromatic N) is 1. The van der Waals surface area contributed by atoms with Crippen LogP contribution in [0.4, 0.5) is 14.5 Å². The molecule has 0 bridgehead atoms. The molecule has 5 nitrogen and oxygen atoms in total. The van der Waals surface area contributed by atoms with Gasteiger partial charge in [0, 0.05) is 18.4 Å². The van der Waals surface area contributed by atoms with E-state index in [1.165, 1.54) is 11.8 Å². The van der Waals surface area contributed by atoms with Crippen LogP contribution in [0.25, 0.3) is 0 Å². The van der Waals surface area contributed by atoms with Gasteiger partial charge in [-0.1, -0.05) is 12.1 Å². The van der Waals surface area contributed by atoms with Gasteiger partial charge >= 0.3 is 0 Å². The third-order valence-corrected chi connectivity index (χ3v) is 5.25. The normalized spacial score (nSPS) is 14.3. The zero-order chi connectivity index (χ0) is 19.6. The van der Waals surface area contributed by atoms with Gasteiger partial charge < -0.3 is 5.32 Å². The van der Waals surface area contributed by atoms with Crippen LogP contribution >= 0.6 is 11.8 Å². The molecule has 0 radical (unpaired) electrons. The first kappa shape index (κ1) is 19.0. The molecule has 1 atom stereocenters. The fraction of sp³-hybridized carbons (Fsp3) is 0.211. The van der Waals surface area contributed by atoms with Crippen molar-refractivity contribution in [3.05, 3.63) is 65.2 Å². The predicted octanol–water partition coefficient (Wildman–Crippen LogP) is 3.32. The topological polar surface area (TPSA) is 66.5 Å². The first-order valence-corrected chi connectivity index (χ1v) is 9.26. The van der Waals surface area contributed by atoms with Gasteiger partial charge in [0.2, 0.25) is 5.91 Å². The van der Waals surface area contributed by atoms with Crippen molar-refractivity contribution in [1.29, 1.82) is 0 Å². The summed E-state index contributed by atoms with van der Waals surface area (Å²) in [6.45, 7) is 1.77. The van der Waals surface area contributed by atoms with Gasteiger partial charge in [-0.3, -0.25) is 19.3 Å². The van der Waals surface area contributed by atoms with Gasteiger partial charge in [-0.25, -0.2) is 8.78 Å². The molecule has 0 aromatic heterocycles. The summed E-state index contributed by atoms with van der Waals surface area (Å²) in [6.07, 6.45) is 0. The fourth-order valence-corrected chi connectivity index (χ4v) is 3.52. The van der Waals surface area contributed by atoms with Crippen LogP contribution in [-0.2, 0) is 4.79 Å². The van der Waals surface area contributed by atoms with Crippen LogP contribution in [0, 0.1) is 11.6 Å². The first-order chi connectivity index (χ1) is 12.9. The summed E-state index contributed by atoms with van der Waals surface area (Å²) in [5.74, 6) is -2.24. The Labute approximate surface area is 158 Å². The highest BCUT2D eigenvalue weighted by molar-refractivity contribution is 8.00. The Morgan fingerprint density at radius 1 is 1.11 bits per heavy atom. The highest BCUT2D eigenvalue weighted by Crippen LogP contribution is 2.23. The van der Waals surface area contributed by atoms with Gasteiger partial charge in [0.25, 0.3) is 11.8 Å². The van der Waals surface area contributed by atoms with E-state index in [-0.39, 0.29) is 24.0 Å². The van der Waals surface area contributed by atoms with Gasteiger partial charge in [-0.05, 0) is 31.2 Å². The largest absolute Gasteiger partial charge is 0.323 e. The summed E-state index contributed by atoms with van der Waals surface area (Å²) in [6, 6.07) is 9.40. The van der Waals surface area contributed by atoms with Crippen molar-refractivity contribution in [3.8, 4) is 0 Å². The molecule has 1 aliphatic heterocycles. The smallest absolute Gasteiger partial charge is 0.261 e. The minimum Gasteiger partial charge on any atom is -0.323 e.